The molecular formula is C21H23N5O2. The van der Waals surface area contributed by atoms with Crippen molar-refractivity contribution < 1.29 is 9.59 Å². The lowest BCUT2D eigenvalue weighted by Gasteiger charge is -2.16. The summed E-state index contributed by atoms with van der Waals surface area (Å²) < 4.78 is 1.85. The van der Waals surface area contributed by atoms with Crippen LogP contribution < -0.4 is 10.2 Å². The molecule has 1 saturated heterocycles. The molecule has 1 N–H and O–H groups in total. The van der Waals surface area contributed by atoms with Crippen molar-refractivity contribution in [1.29, 1.82) is 0 Å². The lowest BCUT2D eigenvalue weighted by atomic mass is 10.1. The zero-order chi connectivity index (χ0) is 19.8. The van der Waals surface area contributed by atoms with Crippen molar-refractivity contribution in [2.24, 2.45) is 0 Å². The first-order valence-electron chi connectivity index (χ1n) is 9.50. The number of carbonyl (C=O) groups is 2. The highest BCUT2D eigenvalue weighted by Gasteiger charge is 2.21. The largest absolute Gasteiger partial charge is 0.322 e. The van der Waals surface area contributed by atoms with Crippen LogP contribution in [0.15, 0.2) is 36.5 Å². The summed E-state index contributed by atoms with van der Waals surface area (Å²) in [7, 11) is 0. The quantitative estimate of drug-likeness (QED) is 0.752. The van der Waals surface area contributed by atoms with E-state index < -0.39 is 0 Å². The van der Waals surface area contributed by atoms with E-state index in [-0.39, 0.29) is 17.9 Å². The zero-order valence-corrected chi connectivity index (χ0v) is 16.3. The van der Waals surface area contributed by atoms with Gasteiger partial charge in [0.2, 0.25) is 5.91 Å². The molecule has 1 aromatic carbocycles. The number of hydrogen-bond acceptors (Lipinski definition) is 4. The molecule has 0 unspecified atom stereocenters. The van der Waals surface area contributed by atoms with Gasteiger partial charge in [-0.1, -0.05) is 0 Å². The molecule has 0 radical (unpaired) electrons. The molecule has 1 fully saturated rings. The van der Waals surface area contributed by atoms with Gasteiger partial charge in [0.1, 0.15) is 0 Å². The highest BCUT2D eigenvalue weighted by Crippen LogP contribution is 2.24. The minimum Gasteiger partial charge on any atom is -0.322 e. The van der Waals surface area contributed by atoms with Crippen LogP contribution in [0, 0.1) is 6.92 Å². The van der Waals surface area contributed by atoms with Gasteiger partial charge in [-0.15, -0.1) is 0 Å². The molecule has 4 rings (SSSR count). The van der Waals surface area contributed by atoms with Crippen LogP contribution in [0.4, 0.5) is 11.4 Å². The Morgan fingerprint density at radius 2 is 1.96 bits per heavy atom. The Labute approximate surface area is 163 Å². The number of aryl methyl sites for hydroxylation is 1. The van der Waals surface area contributed by atoms with E-state index in [1.165, 1.54) is 0 Å². The highest BCUT2D eigenvalue weighted by molar-refractivity contribution is 6.06. The van der Waals surface area contributed by atoms with E-state index in [4.69, 9.17) is 0 Å². The van der Waals surface area contributed by atoms with Crippen LogP contribution in [0.2, 0.25) is 0 Å². The first-order chi connectivity index (χ1) is 13.4. The molecule has 144 valence electrons. The molecule has 7 heteroatoms. The summed E-state index contributed by atoms with van der Waals surface area (Å²) in [4.78, 5) is 31.0. The number of nitrogens with one attached hydrogen (secondary N) is 1. The van der Waals surface area contributed by atoms with Gasteiger partial charge >= 0.3 is 0 Å². The van der Waals surface area contributed by atoms with Gasteiger partial charge < -0.3 is 10.2 Å². The van der Waals surface area contributed by atoms with Gasteiger partial charge in [0.25, 0.3) is 5.91 Å². The number of carbonyl (C=O) groups excluding carboxylic acids is 2. The Morgan fingerprint density at radius 1 is 1.21 bits per heavy atom. The van der Waals surface area contributed by atoms with Crippen LogP contribution in [0.25, 0.3) is 11.0 Å². The van der Waals surface area contributed by atoms with Crippen molar-refractivity contribution in [1.82, 2.24) is 14.8 Å². The van der Waals surface area contributed by atoms with Crippen molar-refractivity contribution in [3.63, 3.8) is 0 Å². The minimum atomic E-state index is -0.214. The maximum Gasteiger partial charge on any atom is 0.257 e. The third kappa shape index (κ3) is 3.24. The molecule has 28 heavy (non-hydrogen) atoms. The fraction of sp³-hybridized carbons (Fsp3) is 0.333. The number of amides is 2. The Morgan fingerprint density at radius 3 is 2.61 bits per heavy atom. The monoisotopic (exact) mass is 377 g/mol. The SMILES string of the molecule is Cc1nc2c(cnn2C(C)C)cc1C(=O)Nc1ccc(N2CCCC2=O)cc1. The molecule has 1 aliphatic rings. The Bertz CT molecular complexity index is 1050. The summed E-state index contributed by atoms with van der Waals surface area (Å²) in [5.41, 5.74) is 3.50. The van der Waals surface area contributed by atoms with E-state index in [9.17, 15) is 9.59 Å². The first-order valence-corrected chi connectivity index (χ1v) is 9.50. The third-order valence-corrected chi connectivity index (χ3v) is 5.00. The van der Waals surface area contributed by atoms with Gasteiger partial charge in [0.05, 0.1) is 17.5 Å². The van der Waals surface area contributed by atoms with Crippen molar-refractivity contribution in [2.45, 2.75) is 39.7 Å². The second kappa shape index (κ2) is 7.07. The van der Waals surface area contributed by atoms with Crippen LogP contribution in [-0.4, -0.2) is 33.1 Å². The smallest absolute Gasteiger partial charge is 0.257 e. The van der Waals surface area contributed by atoms with Crippen LogP contribution in [0.1, 0.15) is 48.8 Å². The molecule has 2 amide bonds. The molecule has 0 bridgehead atoms. The van der Waals surface area contributed by atoms with E-state index in [0.717, 1.165) is 29.7 Å². The fourth-order valence-electron chi connectivity index (χ4n) is 3.52. The van der Waals surface area contributed by atoms with Gasteiger partial charge in [0.15, 0.2) is 5.65 Å². The van der Waals surface area contributed by atoms with Crippen LogP contribution >= 0.6 is 0 Å². The molecule has 3 heterocycles. The van der Waals surface area contributed by atoms with E-state index in [1.54, 1.807) is 11.1 Å². The molecule has 0 atom stereocenters. The standard InChI is InChI=1S/C21H23N5O2/c1-13(2)26-20-15(12-22-26)11-18(14(3)23-20)21(28)24-16-6-8-17(9-7-16)25-10-4-5-19(25)27/h6-9,11-13H,4-5,10H2,1-3H3,(H,24,28). The lowest BCUT2D eigenvalue weighted by Crippen LogP contribution is -2.23. The van der Waals surface area contributed by atoms with E-state index >= 15 is 0 Å². The van der Waals surface area contributed by atoms with Crippen molar-refractivity contribution in [3.05, 3.63) is 47.8 Å². The van der Waals surface area contributed by atoms with Crippen LogP contribution in [0.5, 0.6) is 0 Å². The highest BCUT2D eigenvalue weighted by atomic mass is 16.2. The van der Waals surface area contributed by atoms with Gasteiger partial charge in [-0.05, 0) is 57.5 Å². The summed E-state index contributed by atoms with van der Waals surface area (Å²) in [6.07, 6.45) is 3.22. The topological polar surface area (TPSA) is 80.1 Å². The Balaban J connectivity index is 1.55. The van der Waals surface area contributed by atoms with E-state index in [0.29, 0.717) is 23.4 Å². The van der Waals surface area contributed by atoms with Gasteiger partial charge in [-0.3, -0.25) is 9.59 Å². The average Bonchev–Trinajstić information content (AvgIpc) is 3.27. The number of benzene rings is 1. The predicted octanol–water partition coefficient (Wildman–Crippen LogP) is 3.70. The zero-order valence-electron chi connectivity index (χ0n) is 16.3. The van der Waals surface area contributed by atoms with Crippen LogP contribution in [-0.2, 0) is 4.79 Å². The summed E-state index contributed by atoms with van der Waals surface area (Å²) in [5, 5.41) is 8.12. The maximum atomic E-state index is 12.8. The average molecular weight is 377 g/mol. The first kappa shape index (κ1) is 18.2. The van der Waals surface area contributed by atoms with Gasteiger partial charge in [0, 0.05) is 35.8 Å². The second-order valence-corrected chi connectivity index (χ2v) is 7.37. The van der Waals surface area contributed by atoms with E-state index in [1.807, 2.05) is 55.8 Å². The summed E-state index contributed by atoms with van der Waals surface area (Å²) in [5.74, 6) is -0.0667. The predicted molar refractivity (Wildman–Crippen MR) is 109 cm³/mol. The number of aromatic nitrogens is 3. The van der Waals surface area contributed by atoms with E-state index in [2.05, 4.69) is 15.4 Å². The normalized spacial score (nSPS) is 14.3. The molecule has 0 spiro atoms. The number of hydrogen-bond donors (Lipinski definition) is 1. The van der Waals surface area contributed by atoms with Crippen molar-refractivity contribution in [2.75, 3.05) is 16.8 Å². The lowest BCUT2D eigenvalue weighted by molar-refractivity contribution is -0.117. The summed E-state index contributed by atoms with van der Waals surface area (Å²) >= 11 is 0. The molecule has 0 aliphatic carbocycles. The molecular weight excluding hydrogens is 354 g/mol. The molecule has 1 aliphatic heterocycles. The Hall–Kier alpha value is -3.22. The number of pyridine rings is 1. The minimum absolute atomic E-state index is 0.147. The number of nitrogens with zero attached hydrogens (tertiary/aromatic N) is 4. The van der Waals surface area contributed by atoms with Gasteiger partial charge in [-0.25, -0.2) is 9.67 Å². The molecule has 0 saturated carbocycles. The van der Waals surface area contributed by atoms with Crippen molar-refractivity contribution in [3.8, 4) is 0 Å². The number of fused-ring (bicyclic) bond motifs is 1. The van der Waals surface area contributed by atoms with Crippen molar-refractivity contribution >= 4 is 34.2 Å². The maximum absolute atomic E-state index is 12.8. The molecule has 3 aromatic rings. The summed E-state index contributed by atoms with van der Waals surface area (Å²) in [6.45, 7) is 6.67. The Kier molecular flexibility index (Phi) is 4.58. The molecule has 7 nitrogen and oxygen atoms in total. The second-order valence-electron chi connectivity index (χ2n) is 7.37. The number of rotatable bonds is 4. The third-order valence-electron chi connectivity index (χ3n) is 5.00. The number of anilines is 2. The molecule has 2 aromatic heterocycles. The summed E-state index contributed by atoms with van der Waals surface area (Å²) in [6, 6.07) is 9.38. The van der Waals surface area contributed by atoms with Gasteiger partial charge in [-0.2, -0.15) is 5.10 Å². The fourth-order valence-corrected chi connectivity index (χ4v) is 3.52. The van der Waals surface area contributed by atoms with Crippen LogP contribution in [0.3, 0.4) is 0 Å².